The van der Waals surface area contributed by atoms with Gasteiger partial charge in [-0.05, 0) is 32.2 Å². The average molecular weight is 227 g/mol. The van der Waals surface area contributed by atoms with Crippen molar-refractivity contribution >= 4 is 11.8 Å². The second-order valence-corrected chi connectivity index (χ2v) is 4.18. The third-order valence-electron chi connectivity index (χ3n) is 2.85. The summed E-state index contributed by atoms with van der Waals surface area (Å²) in [7, 11) is 0. The maximum Gasteiger partial charge on any atom is 0.240 e. The summed E-state index contributed by atoms with van der Waals surface area (Å²) < 4.78 is 0. The van der Waals surface area contributed by atoms with Gasteiger partial charge in [0.05, 0.1) is 6.54 Å². The molecule has 0 saturated carbocycles. The molecule has 1 aliphatic rings. The summed E-state index contributed by atoms with van der Waals surface area (Å²) in [6, 6.07) is -0.398. The molecule has 1 saturated heterocycles. The van der Waals surface area contributed by atoms with Crippen LogP contribution in [0.4, 0.5) is 0 Å². The zero-order chi connectivity index (χ0) is 12.0. The molecule has 1 atom stereocenters. The lowest BCUT2D eigenvalue weighted by molar-refractivity contribution is -0.140. The predicted octanol–water partition coefficient (Wildman–Crippen LogP) is -0.148. The van der Waals surface area contributed by atoms with Crippen LogP contribution in [-0.2, 0) is 9.59 Å². The van der Waals surface area contributed by atoms with Gasteiger partial charge >= 0.3 is 0 Å². The molecule has 0 bridgehead atoms. The summed E-state index contributed by atoms with van der Waals surface area (Å²) in [5.41, 5.74) is 5.30. The van der Waals surface area contributed by atoms with Crippen molar-refractivity contribution in [3.63, 3.8) is 0 Å². The van der Waals surface area contributed by atoms with Crippen molar-refractivity contribution in [2.75, 3.05) is 19.6 Å². The van der Waals surface area contributed by atoms with Crippen molar-refractivity contribution in [2.24, 2.45) is 5.73 Å². The number of nitrogens with zero attached hydrogens (tertiary/aromatic N) is 1. The molecule has 0 aliphatic carbocycles. The Morgan fingerprint density at radius 1 is 1.44 bits per heavy atom. The standard InChI is InChI=1S/C11H21N3O2/c1-2-6-13-8-10(15)14-7-4-3-5-9(14)11(12)16/h9,13H,2-8H2,1H3,(H2,12,16). The Morgan fingerprint density at radius 2 is 2.19 bits per heavy atom. The van der Waals surface area contributed by atoms with Crippen LogP contribution in [0, 0.1) is 0 Å². The molecular formula is C11H21N3O2. The number of primary amides is 1. The van der Waals surface area contributed by atoms with Gasteiger partial charge < -0.3 is 16.0 Å². The van der Waals surface area contributed by atoms with E-state index in [1.165, 1.54) is 0 Å². The van der Waals surface area contributed by atoms with Crippen molar-refractivity contribution in [3.8, 4) is 0 Å². The smallest absolute Gasteiger partial charge is 0.240 e. The lowest BCUT2D eigenvalue weighted by atomic mass is 10.0. The lowest BCUT2D eigenvalue weighted by Gasteiger charge is -2.33. The Labute approximate surface area is 96.4 Å². The monoisotopic (exact) mass is 227 g/mol. The molecule has 1 rings (SSSR count). The molecule has 0 aromatic heterocycles. The molecule has 0 aromatic carbocycles. The van der Waals surface area contributed by atoms with Gasteiger partial charge in [0.15, 0.2) is 0 Å². The third kappa shape index (κ3) is 3.48. The molecule has 3 N–H and O–H groups in total. The number of hydrogen-bond donors (Lipinski definition) is 2. The summed E-state index contributed by atoms with van der Waals surface area (Å²) in [6.45, 7) is 3.82. The highest BCUT2D eigenvalue weighted by Gasteiger charge is 2.29. The second kappa shape index (κ2) is 6.48. The molecule has 0 spiro atoms. The highest BCUT2D eigenvalue weighted by molar-refractivity contribution is 5.87. The molecule has 0 radical (unpaired) electrons. The van der Waals surface area contributed by atoms with E-state index >= 15 is 0 Å². The maximum atomic E-state index is 11.8. The van der Waals surface area contributed by atoms with Gasteiger partial charge in [0, 0.05) is 6.54 Å². The van der Waals surface area contributed by atoms with Crippen LogP contribution in [0.2, 0.25) is 0 Å². The Kier molecular flexibility index (Phi) is 5.25. The molecule has 1 heterocycles. The Balaban J connectivity index is 2.47. The minimum atomic E-state index is -0.398. The van der Waals surface area contributed by atoms with Crippen LogP contribution in [0.1, 0.15) is 32.6 Å². The molecule has 92 valence electrons. The molecular weight excluding hydrogens is 206 g/mol. The fourth-order valence-corrected chi connectivity index (χ4v) is 2.00. The van der Waals surface area contributed by atoms with E-state index < -0.39 is 6.04 Å². The van der Waals surface area contributed by atoms with Crippen LogP contribution in [0.15, 0.2) is 0 Å². The predicted molar refractivity (Wildman–Crippen MR) is 61.7 cm³/mol. The zero-order valence-corrected chi connectivity index (χ0v) is 9.87. The molecule has 16 heavy (non-hydrogen) atoms. The largest absolute Gasteiger partial charge is 0.368 e. The number of hydrogen-bond acceptors (Lipinski definition) is 3. The number of piperidine rings is 1. The molecule has 1 aliphatic heterocycles. The SMILES string of the molecule is CCCNCC(=O)N1CCCCC1C(N)=O. The first-order chi connectivity index (χ1) is 7.66. The number of rotatable bonds is 5. The average Bonchev–Trinajstić information content (AvgIpc) is 2.29. The topological polar surface area (TPSA) is 75.4 Å². The van der Waals surface area contributed by atoms with E-state index in [-0.39, 0.29) is 11.8 Å². The van der Waals surface area contributed by atoms with Crippen LogP contribution >= 0.6 is 0 Å². The third-order valence-corrected chi connectivity index (χ3v) is 2.85. The number of carbonyl (C=O) groups is 2. The van der Waals surface area contributed by atoms with Crippen molar-refractivity contribution in [2.45, 2.75) is 38.6 Å². The van der Waals surface area contributed by atoms with Gasteiger partial charge in [0.2, 0.25) is 11.8 Å². The van der Waals surface area contributed by atoms with Gasteiger partial charge in [-0.3, -0.25) is 9.59 Å². The molecule has 1 unspecified atom stereocenters. The van der Waals surface area contributed by atoms with E-state index in [9.17, 15) is 9.59 Å². The maximum absolute atomic E-state index is 11.8. The first-order valence-electron chi connectivity index (χ1n) is 5.96. The molecule has 2 amide bonds. The number of likely N-dealkylation sites (tertiary alicyclic amines) is 1. The van der Waals surface area contributed by atoms with E-state index in [0.717, 1.165) is 25.8 Å². The van der Waals surface area contributed by atoms with Crippen LogP contribution in [-0.4, -0.2) is 42.4 Å². The van der Waals surface area contributed by atoms with Crippen molar-refractivity contribution < 1.29 is 9.59 Å². The Hall–Kier alpha value is -1.10. The highest BCUT2D eigenvalue weighted by atomic mass is 16.2. The van der Waals surface area contributed by atoms with Gasteiger partial charge in [-0.2, -0.15) is 0 Å². The van der Waals surface area contributed by atoms with Crippen molar-refractivity contribution in [1.29, 1.82) is 0 Å². The number of carbonyl (C=O) groups excluding carboxylic acids is 2. The van der Waals surface area contributed by atoms with E-state index in [1.54, 1.807) is 4.90 Å². The Bertz CT molecular complexity index is 256. The van der Waals surface area contributed by atoms with E-state index in [4.69, 9.17) is 5.73 Å². The number of amides is 2. The summed E-state index contributed by atoms with van der Waals surface area (Å²) in [6.07, 6.45) is 3.63. The van der Waals surface area contributed by atoms with Crippen molar-refractivity contribution in [1.82, 2.24) is 10.2 Å². The van der Waals surface area contributed by atoms with Gasteiger partial charge in [-0.25, -0.2) is 0 Å². The lowest BCUT2D eigenvalue weighted by Crippen LogP contribution is -2.52. The fourth-order valence-electron chi connectivity index (χ4n) is 2.00. The molecule has 5 heteroatoms. The summed E-state index contributed by atoms with van der Waals surface area (Å²) in [5, 5.41) is 3.05. The van der Waals surface area contributed by atoms with E-state index in [0.29, 0.717) is 19.5 Å². The van der Waals surface area contributed by atoms with Gasteiger partial charge in [-0.1, -0.05) is 6.92 Å². The zero-order valence-electron chi connectivity index (χ0n) is 9.87. The van der Waals surface area contributed by atoms with Gasteiger partial charge in [0.25, 0.3) is 0 Å². The molecule has 5 nitrogen and oxygen atoms in total. The number of nitrogens with one attached hydrogen (secondary N) is 1. The summed E-state index contributed by atoms with van der Waals surface area (Å²) in [4.78, 5) is 24.7. The molecule has 0 aromatic rings. The Morgan fingerprint density at radius 3 is 2.81 bits per heavy atom. The summed E-state index contributed by atoms with van der Waals surface area (Å²) in [5.74, 6) is -0.402. The second-order valence-electron chi connectivity index (χ2n) is 4.18. The van der Waals surface area contributed by atoms with Crippen molar-refractivity contribution in [3.05, 3.63) is 0 Å². The van der Waals surface area contributed by atoms with Crippen LogP contribution in [0.3, 0.4) is 0 Å². The van der Waals surface area contributed by atoms with Gasteiger partial charge in [-0.15, -0.1) is 0 Å². The van der Waals surface area contributed by atoms with Crippen LogP contribution < -0.4 is 11.1 Å². The van der Waals surface area contributed by atoms with Crippen LogP contribution in [0.25, 0.3) is 0 Å². The first kappa shape index (κ1) is 13.0. The number of nitrogens with two attached hydrogens (primary N) is 1. The van der Waals surface area contributed by atoms with E-state index in [2.05, 4.69) is 5.32 Å². The minimum absolute atomic E-state index is 0.0167. The molecule has 1 fully saturated rings. The van der Waals surface area contributed by atoms with E-state index in [1.807, 2.05) is 6.92 Å². The quantitative estimate of drug-likeness (QED) is 0.641. The normalized spacial score (nSPS) is 20.8. The van der Waals surface area contributed by atoms with Crippen LogP contribution in [0.5, 0.6) is 0 Å². The summed E-state index contributed by atoms with van der Waals surface area (Å²) >= 11 is 0. The highest BCUT2D eigenvalue weighted by Crippen LogP contribution is 2.16. The minimum Gasteiger partial charge on any atom is -0.368 e. The fraction of sp³-hybridized carbons (Fsp3) is 0.818. The first-order valence-corrected chi connectivity index (χ1v) is 5.96. The van der Waals surface area contributed by atoms with Gasteiger partial charge in [0.1, 0.15) is 6.04 Å².